The number of amides is 1. The minimum absolute atomic E-state index is 0.0283. The van der Waals surface area contributed by atoms with Gasteiger partial charge in [0.1, 0.15) is 28.7 Å². The van der Waals surface area contributed by atoms with E-state index in [1.807, 2.05) is 25.7 Å². The molecule has 2 saturated heterocycles. The lowest BCUT2D eigenvalue weighted by molar-refractivity contribution is 0.0123. The summed E-state index contributed by atoms with van der Waals surface area (Å²) in [7, 11) is 1.48. The zero-order valence-electron chi connectivity index (χ0n) is 26.5. The molecule has 0 saturated carbocycles. The molecule has 2 bridgehead atoms. The van der Waals surface area contributed by atoms with Gasteiger partial charge in [-0.1, -0.05) is 12.0 Å². The lowest BCUT2D eigenvalue weighted by Crippen LogP contribution is -2.57. The molecule has 2 aromatic carbocycles. The van der Waals surface area contributed by atoms with Gasteiger partial charge < -0.3 is 24.2 Å². The van der Waals surface area contributed by atoms with E-state index in [9.17, 15) is 14.3 Å². The highest BCUT2D eigenvalue weighted by Crippen LogP contribution is 2.42. The fourth-order valence-electron chi connectivity index (χ4n) is 6.68. The van der Waals surface area contributed by atoms with Gasteiger partial charge in [0, 0.05) is 59.4 Å². The molecule has 2 unspecified atom stereocenters. The molecule has 2 fully saturated rings. The van der Waals surface area contributed by atoms with Crippen molar-refractivity contribution < 1.29 is 32.9 Å². The molecule has 1 amide bonds. The topological polar surface area (TPSA) is 97.3 Å². The first-order chi connectivity index (χ1) is 21.9. The summed E-state index contributed by atoms with van der Waals surface area (Å²) < 4.78 is 48.3. The van der Waals surface area contributed by atoms with Gasteiger partial charge in [-0.05, 0) is 64.1 Å². The van der Waals surface area contributed by atoms with Gasteiger partial charge in [0.25, 0.3) is 0 Å². The molecule has 1 N–H and O–H groups in total. The molecule has 9 nitrogen and oxygen atoms in total. The number of aromatic nitrogens is 2. The molecule has 240 valence electrons. The van der Waals surface area contributed by atoms with Crippen molar-refractivity contribution in [1.82, 2.24) is 14.9 Å². The monoisotopic (exact) mass is 630 g/mol. The molecule has 0 aliphatic carbocycles. The zero-order valence-corrected chi connectivity index (χ0v) is 26.5. The third-order valence-corrected chi connectivity index (χ3v) is 8.60. The van der Waals surface area contributed by atoms with Crippen LogP contribution in [0.4, 0.5) is 19.4 Å². The highest BCUT2D eigenvalue weighted by atomic mass is 19.1. The van der Waals surface area contributed by atoms with Crippen LogP contribution in [0.5, 0.6) is 5.75 Å². The molecule has 6 rings (SSSR count). The predicted octanol–water partition coefficient (Wildman–Crippen LogP) is 6.08. The molecule has 2 aromatic heterocycles. The smallest absolute Gasteiger partial charge is 0.410 e. The first kappa shape index (κ1) is 31.5. The number of methoxy groups -OCH3 is 1. The number of nitrogens with zero attached hydrogens (tertiary/aromatic N) is 4. The Bertz CT molecular complexity index is 1890. The van der Waals surface area contributed by atoms with Crippen molar-refractivity contribution in [2.24, 2.45) is 0 Å². The number of carbonyl (C=O) groups is 1. The summed E-state index contributed by atoms with van der Waals surface area (Å²) in [6.07, 6.45) is 8.54. The summed E-state index contributed by atoms with van der Waals surface area (Å²) >= 11 is 0. The van der Waals surface area contributed by atoms with E-state index in [0.717, 1.165) is 12.8 Å². The quantitative estimate of drug-likeness (QED) is 0.202. The summed E-state index contributed by atoms with van der Waals surface area (Å²) in [6.45, 7) is 7.69. The molecule has 2 aliphatic heterocycles. The second-order valence-corrected chi connectivity index (χ2v) is 12.7. The van der Waals surface area contributed by atoms with Gasteiger partial charge in [-0.25, -0.2) is 18.6 Å². The number of aliphatic hydroxyl groups is 1. The van der Waals surface area contributed by atoms with Crippen molar-refractivity contribution in [3.8, 4) is 29.4 Å². The summed E-state index contributed by atoms with van der Waals surface area (Å²) in [5.74, 6) is 1.94. The highest BCUT2D eigenvalue weighted by molar-refractivity contribution is 6.04. The van der Waals surface area contributed by atoms with Crippen LogP contribution in [0.3, 0.4) is 0 Å². The summed E-state index contributed by atoms with van der Waals surface area (Å²) in [6, 6.07) is 5.84. The molecule has 2 aliphatic rings. The Hall–Kier alpha value is -4.53. The number of pyridine rings is 2. The Morgan fingerprint density at radius 1 is 1.15 bits per heavy atom. The lowest BCUT2D eigenvalue weighted by Gasteiger charge is -2.42. The van der Waals surface area contributed by atoms with E-state index < -0.39 is 23.8 Å². The van der Waals surface area contributed by atoms with Crippen molar-refractivity contribution in [1.29, 1.82) is 0 Å². The number of piperazine rings is 1. The molecule has 4 heterocycles. The maximum absolute atomic E-state index is 17.0. The van der Waals surface area contributed by atoms with Crippen LogP contribution in [0.15, 0.2) is 30.5 Å². The Kier molecular flexibility index (Phi) is 8.21. The first-order valence-electron chi connectivity index (χ1n) is 15.2. The Morgan fingerprint density at radius 2 is 1.87 bits per heavy atom. The predicted molar refractivity (Wildman–Crippen MR) is 171 cm³/mol. The van der Waals surface area contributed by atoms with Crippen LogP contribution >= 0.6 is 0 Å². The maximum Gasteiger partial charge on any atom is 0.410 e. The number of aryl methyl sites for hydroxylation is 1. The number of anilines is 1. The van der Waals surface area contributed by atoms with E-state index in [-0.39, 0.29) is 47.2 Å². The Labute approximate surface area is 266 Å². The summed E-state index contributed by atoms with van der Waals surface area (Å²) in [4.78, 5) is 26.3. The minimum Gasteiger partial charge on any atom is -0.468 e. The van der Waals surface area contributed by atoms with Crippen molar-refractivity contribution in [2.75, 3.05) is 31.9 Å². The van der Waals surface area contributed by atoms with Crippen LogP contribution in [-0.4, -0.2) is 70.7 Å². The van der Waals surface area contributed by atoms with E-state index in [1.54, 1.807) is 25.1 Å². The minimum atomic E-state index is -0.707. The van der Waals surface area contributed by atoms with Crippen molar-refractivity contribution in [3.05, 3.63) is 58.9 Å². The number of carbonyl (C=O) groups excluding carboxylic acids is 1. The van der Waals surface area contributed by atoms with E-state index in [1.165, 1.54) is 19.4 Å². The largest absolute Gasteiger partial charge is 0.468 e. The number of fused-ring (bicyclic) bond motifs is 4. The lowest BCUT2D eigenvalue weighted by atomic mass is 9.94. The molecule has 2 atom stereocenters. The van der Waals surface area contributed by atoms with Gasteiger partial charge >= 0.3 is 6.09 Å². The molecule has 11 heteroatoms. The SMILES string of the molecule is C#Cc1c(F)ccc2cc(OCOC)cc(-c3ncc4c(N5CC6CCC(C5)N6C(=O)OC(C)(C)C)nc(C)c(CO)c4c3F)c12. The molecule has 46 heavy (non-hydrogen) atoms. The van der Waals surface area contributed by atoms with Gasteiger partial charge in [0.05, 0.1) is 24.3 Å². The van der Waals surface area contributed by atoms with E-state index in [2.05, 4.69) is 15.8 Å². The van der Waals surface area contributed by atoms with E-state index in [4.69, 9.17) is 25.6 Å². The Morgan fingerprint density at radius 3 is 2.50 bits per heavy atom. The zero-order chi connectivity index (χ0) is 32.9. The average Bonchev–Trinajstić information content (AvgIpc) is 3.28. The second kappa shape index (κ2) is 12.0. The number of rotatable bonds is 6. The number of hydrogen-bond acceptors (Lipinski definition) is 8. The van der Waals surface area contributed by atoms with Crippen LogP contribution in [0, 0.1) is 30.9 Å². The average molecular weight is 631 g/mol. The second-order valence-electron chi connectivity index (χ2n) is 12.7. The number of ether oxygens (including phenoxy) is 3. The van der Waals surface area contributed by atoms with Crippen molar-refractivity contribution >= 4 is 33.5 Å². The number of aliphatic hydroxyl groups excluding tert-OH is 1. The number of benzene rings is 2. The van der Waals surface area contributed by atoms with E-state index >= 15 is 4.39 Å². The fourth-order valence-corrected chi connectivity index (χ4v) is 6.68. The number of hydrogen-bond donors (Lipinski definition) is 1. The molecule has 0 radical (unpaired) electrons. The van der Waals surface area contributed by atoms with Gasteiger partial charge in [-0.3, -0.25) is 9.88 Å². The summed E-state index contributed by atoms with van der Waals surface area (Å²) in [5.41, 5.74) is 0.286. The van der Waals surface area contributed by atoms with Gasteiger partial charge in [-0.15, -0.1) is 6.42 Å². The molecule has 4 aromatic rings. The maximum atomic E-state index is 17.0. The van der Waals surface area contributed by atoms with Crippen molar-refractivity contribution in [2.45, 2.75) is 64.8 Å². The van der Waals surface area contributed by atoms with E-state index in [0.29, 0.717) is 52.1 Å². The number of halogens is 2. The summed E-state index contributed by atoms with van der Waals surface area (Å²) in [5, 5.41) is 11.8. The van der Waals surface area contributed by atoms with Gasteiger partial charge in [0.15, 0.2) is 12.6 Å². The van der Waals surface area contributed by atoms with Crippen LogP contribution < -0.4 is 9.64 Å². The molecular weight excluding hydrogens is 594 g/mol. The van der Waals surface area contributed by atoms with Crippen LogP contribution in [0.25, 0.3) is 32.8 Å². The fraction of sp³-hybridized carbons (Fsp3) is 0.400. The van der Waals surface area contributed by atoms with Crippen LogP contribution in [-0.2, 0) is 16.1 Å². The van der Waals surface area contributed by atoms with Gasteiger partial charge in [0.2, 0.25) is 0 Å². The van der Waals surface area contributed by atoms with Crippen molar-refractivity contribution in [3.63, 3.8) is 0 Å². The molecule has 0 spiro atoms. The third kappa shape index (κ3) is 5.46. The third-order valence-electron chi connectivity index (χ3n) is 8.60. The first-order valence-corrected chi connectivity index (χ1v) is 15.2. The Balaban J connectivity index is 1.49. The standard InChI is InChI=1S/C35H36F2N4O5/c1-7-24-28(36)11-8-20-12-23(45-18-44-6)13-25(29(20)24)32-31(37)30-26(14-38-32)33(39-19(2)27(30)17-42)40-15-21-9-10-22(16-40)41(21)34(43)46-35(3,4)5/h1,8,11-14,21-22,42H,9-10,15-18H2,2-6H3. The number of terminal acetylenes is 1. The van der Waals surface area contributed by atoms with Crippen LogP contribution in [0.2, 0.25) is 0 Å². The molecular formula is C35H36F2N4O5. The van der Waals surface area contributed by atoms with Crippen LogP contribution in [0.1, 0.15) is 50.4 Å². The normalized spacial score (nSPS) is 17.9. The highest BCUT2D eigenvalue weighted by Gasteiger charge is 2.45. The van der Waals surface area contributed by atoms with Gasteiger partial charge in [-0.2, -0.15) is 0 Å².